The molecule has 6 nitrogen and oxygen atoms in total. The Labute approximate surface area is 380 Å². The molecule has 1 amide bonds. The third-order valence-corrected chi connectivity index (χ3v) is 12.5. The molecule has 0 rings (SSSR count). The van der Waals surface area contributed by atoms with Gasteiger partial charge in [-0.05, 0) is 57.8 Å². The van der Waals surface area contributed by atoms with Gasteiger partial charge in [-0.2, -0.15) is 0 Å². The van der Waals surface area contributed by atoms with E-state index >= 15 is 0 Å². The number of unbranched alkanes of at least 4 members (excludes halogenated alkanes) is 37. The summed E-state index contributed by atoms with van der Waals surface area (Å²) in [6.07, 6.45) is 60.4. The first-order valence-corrected chi connectivity index (χ1v) is 27.1. The number of rotatable bonds is 50. The van der Waals surface area contributed by atoms with Gasteiger partial charge in [0, 0.05) is 12.8 Å². The maximum Gasteiger partial charge on any atom is 0.305 e. The van der Waals surface area contributed by atoms with Gasteiger partial charge in [-0.15, -0.1) is 0 Å². The van der Waals surface area contributed by atoms with E-state index < -0.39 is 12.1 Å². The van der Waals surface area contributed by atoms with Gasteiger partial charge >= 0.3 is 5.97 Å². The van der Waals surface area contributed by atoms with Gasteiger partial charge in [-0.1, -0.05) is 244 Å². The SMILES string of the molecule is CCCCCCC/C=C\CCCCCCCC(=O)OCCCCCCCCCCCCCCCCCCCC(=O)NC(CO)C(O)/C=C/CCCCCCCCCCCCC. The third kappa shape index (κ3) is 47.7. The van der Waals surface area contributed by atoms with E-state index in [1.165, 1.54) is 218 Å². The van der Waals surface area contributed by atoms with Gasteiger partial charge in [0.05, 0.1) is 25.4 Å². The van der Waals surface area contributed by atoms with E-state index in [-0.39, 0.29) is 18.5 Å². The van der Waals surface area contributed by atoms with Crippen LogP contribution in [0.4, 0.5) is 0 Å². The molecule has 0 aliphatic heterocycles. The van der Waals surface area contributed by atoms with Gasteiger partial charge in [-0.3, -0.25) is 9.59 Å². The van der Waals surface area contributed by atoms with Gasteiger partial charge < -0.3 is 20.3 Å². The van der Waals surface area contributed by atoms with Crippen LogP contribution in [0.3, 0.4) is 0 Å². The summed E-state index contributed by atoms with van der Waals surface area (Å²) < 4.78 is 5.46. The Hall–Kier alpha value is -1.66. The van der Waals surface area contributed by atoms with E-state index in [9.17, 15) is 19.8 Å². The molecule has 3 N–H and O–H groups in total. The smallest absolute Gasteiger partial charge is 0.305 e. The molecule has 0 saturated heterocycles. The second-order valence-corrected chi connectivity index (χ2v) is 18.6. The van der Waals surface area contributed by atoms with Crippen LogP contribution in [0.2, 0.25) is 0 Å². The van der Waals surface area contributed by atoms with Crippen LogP contribution in [0.5, 0.6) is 0 Å². The molecule has 6 heteroatoms. The molecule has 0 aliphatic carbocycles. The molecule has 0 spiro atoms. The normalized spacial score (nSPS) is 12.8. The molecule has 0 aliphatic rings. The summed E-state index contributed by atoms with van der Waals surface area (Å²) in [5.41, 5.74) is 0. The fourth-order valence-corrected chi connectivity index (χ4v) is 8.27. The minimum absolute atomic E-state index is 0.00428. The monoisotopic (exact) mass is 860 g/mol. The summed E-state index contributed by atoms with van der Waals surface area (Å²) in [5, 5.41) is 23.0. The topological polar surface area (TPSA) is 95.9 Å². The molecule has 0 bridgehead atoms. The molecule has 2 atom stereocenters. The minimum atomic E-state index is -0.847. The van der Waals surface area contributed by atoms with Gasteiger partial charge in [-0.25, -0.2) is 0 Å². The quantitative estimate of drug-likeness (QED) is 0.0322. The van der Waals surface area contributed by atoms with E-state index in [1.807, 2.05) is 6.08 Å². The van der Waals surface area contributed by atoms with Crippen LogP contribution in [-0.4, -0.2) is 47.4 Å². The first kappa shape index (κ1) is 59.3. The number of ether oxygens (including phenoxy) is 1. The van der Waals surface area contributed by atoms with Crippen molar-refractivity contribution >= 4 is 11.9 Å². The highest BCUT2D eigenvalue weighted by atomic mass is 16.5. The summed E-state index contributed by atoms with van der Waals surface area (Å²) in [7, 11) is 0. The number of hydrogen-bond donors (Lipinski definition) is 3. The number of hydrogen-bond acceptors (Lipinski definition) is 5. The van der Waals surface area contributed by atoms with Crippen LogP contribution in [0.1, 0.15) is 290 Å². The van der Waals surface area contributed by atoms with E-state index in [4.69, 9.17) is 4.74 Å². The molecule has 0 radical (unpaired) electrons. The summed E-state index contributed by atoms with van der Waals surface area (Å²) in [6, 6.07) is -0.631. The van der Waals surface area contributed by atoms with E-state index in [0.717, 1.165) is 44.9 Å². The lowest BCUT2D eigenvalue weighted by Crippen LogP contribution is -2.45. The van der Waals surface area contributed by atoms with Crippen molar-refractivity contribution in [3.05, 3.63) is 24.3 Å². The molecule has 360 valence electrons. The average molecular weight is 860 g/mol. The van der Waals surface area contributed by atoms with Crippen LogP contribution in [0, 0.1) is 0 Å². The molecule has 0 aromatic rings. The second kappa shape index (κ2) is 51.0. The lowest BCUT2D eigenvalue weighted by Gasteiger charge is -2.20. The van der Waals surface area contributed by atoms with Crippen molar-refractivity contribution in [3.8, 4) is 0 Å². The highest BCUT2D eigenvalue weighted by Gasteiger charge is 2.18. The second-order valence-electron chi connectivity index (χ2n) is 18.6. The highest BCUT2D eigenvalue weighted by molar-refractivity contribution is 5.76. The molecular weight excluding hydrogens is 755 g/mol. The molecular formula is C55H105NO5. The van der Waals surface area contributed by atoms with Crippen molar-refractivity contribution in [1.29, 1.82) is 0 Å². The standard InChI is InChI=1S/C55H105NO5/c1-3-5-7-9-11-13-15-17-25-29-33-37-41-45-49-55(60)61-50-46-42-38-34-30-26-22-20-18-19-21-24-28-32-36-40-44-48-54(59)56-52(51-57)53(58)47-43-39-35-31-27-23-16-14-12-10-8-6-4-2/h15,17,43,47,52-53,57-58H,3-14,16,18-42,44-46,48-51H2,1-2H3,(H,56,59)/b17-15-,47-43+. The van der Waals surface area contributed by atoms with Gasteiger partial charge in [0.1, 0.15) is 0 Å². The Morgan fingerprint density at radius 2 is 0.770 bits per heavy atom. The Morgan fingerprint density at radius 1 is 0.443 bits per heavy atom. The lowest BCUT2D eigenvalue weighted by molar-refractivity contribution is -0.143. The fourth-order valence-electron chi connectivity index (χ4n) is 8.27. The van der Waals surface area contributed by atoms with Gasteiger partial charge in [0.2, 0.25) is 5.91 Å². The van der Waals surface area contributed by atoms with Gasteiger partial charge in [0.15, 0.2) is 0 Å². The third-order valence-electron chi connectivity index (χ3n) is 12.5. The van der Waals surface area contributed by atoms with Crippen LogP contribution >= 0.6 is 0 Å². The lowest BCUT2D eigenvalue weighted by atomic mass is 10.0. The summed E-state index contributed by atoms with van der Waals surface area (Å²) in [6.45, 7) is 4.88. The first-order chi connectivity index (χ1) is 30.0. The van der Waals surface area contributed by atoms with Crippen molar-refractivity contribution in [2.24, 2.45) is 0 Å². The largest absolute Gasteiger partial charge is 0.466 e. The van der Waals surface area contributed by atoms with Crippen molar-refractivity contribution in [1.82, 2.24) is 5.32 Å². The molecule has 0 aromatic carbocycles. The Bertz CT molecular complexity index is 951. The molecule has 0 heterocycles. The van der Waals surface area contributed by atoms with E-state index in [0.29, 0.717) is 19.4 Å². The Kier molecular flexibility index (Phi) is 49.6. The van der Waals surface area contributed by atoms with E-state index in [2.05, 4.69) is 31.3 Å². The van der Waals surface area contributed by atoms with Crippen molar-refractivity contribution < 1.29 is 24.5 Å². The van der Waals surface area contributed by atoms with Gasteiger partial charge in [0.25, 0.3) is 0 Å². The zero-order chi connectivity index (χ0) is 44.4. The molecule has 0 aromatic heterocycles. The zero-order valence-corrected chi connectivity index (χ0v) is 40.9. The number of esters is 1. The number of carbonyl (C=O) groups is 2. The number of amides is 1. The van der Waals surface area contributed by atoms with Crippen molar-refractivity contribution in [2.45, 2.75) is 302 Å². The molecule has 0 fully saturated rings. The predicted octanol–water partition coefficient (Wildman–Crippen LogP) is 16.3. The maximum absolute atomic E-state index is 12.4. The van der Waals surface area contributed by atoms with Crippen LogP contribution in [0.15, 0.2) is 24.3 Å². The van der Waals surface area contributed by atoms with Crippen LogP contribution in [0.25, 0.3) is 0 Å². The average Bonchev–Trinajstić information content (AvgIpc) is 3.26. The number of aliphatic hydroxyl groups excluding tert-OH is 2. The summed E-state index contributed by atoms with van der Waals surface area (Å²) in [5.74, 6) is -0.0778. The van der Waals surface area contributed by atoms with Crippen molar-refractivity contribution in [3.63, 3.8) is 0 Å². The summed E-state index contributed by atoms with van der Waals surface area (Å²) >= 11 is 0. The van der Waals surface area contributed by atoms with Crippen LogP contribution in [-0.2, 0) is 14.3 Å². The highest BCUT2D eigenvalue weighted by Crippen LogP contribution is 2.16. The number of carbonyl (C=O) groups excluding carboxylic acids is 2. The Morgan fingerprint density at radius 3 is 1.16 bits per heavy atom. The number of nitrogens with one attached hydrogen (secondary N) is 1. The predicted molar refractivity (Wildman–Crippen MR) is 264 cm³/mol. The number of allylic oxidation sites excluding steroid dienone is 3. The maximum atomic E-state index is 12.4. The van der Waals surface area contributed by atoms with Crippen LogP contribution < -0.4 is 5.32 Å². The molecule has 2 unspecified atom stereocenters. The molecule has 0 saturated carbocycles. The Balaban J connectivity index is 3.44. The number of aliphatic hydroxyl groups is 2. The van der Waals surface area contributed by atoms with E-state index in [1.54, 1.807) is 6.08 Å². The molecule has 61 heavy (non-hydrogen) atoms. The fraction of sp³-hybridized carbons (Fsp3) is 0.891. The zero-order valence-electron chi connectivity index (χ0n) is 40.9. The van der Waals surface area contributed by atoms with Crippen molar-refractivity contribution in [2.75, 3.05) is 13.2 Å². The summed E-state index contributed by atoms with van der Waals surface area (Å²) in [4.78, 5) is 24.4. The first-order valence-electron chi connectivity index (χ1n) is 27.1. The minimum Gasteiger partial charge on any atom is -0.466 e.